The lowest BCUT2D eigenvalue weighted by Crippen LogP contribution is -2.30. The fourth-order valence-electron chi connectivity index (χ4n) is 3.52. The van der Waals surface area contributed by atoms with Gasteiger partial charge in [-0.15, -0.1) is 0 Å². The van der Waals surface area contributed by atoms with Gasteiger partial charge in [-0.05, 0) is 49.4 Å². The molecule has 166 valence electrons. The van der Waals surface area contributed by atoms with Gasteiger partial charge in [0.15, 0.2) is 0 Å². The first-order chi connectivity index (χ1) is 15.5. The zero-order chi connectivity index (χ0) is 22.5. The summed E-state index contributed by atoms with van der Waals surface area (Å²) in [6, 6.07) is 9.15. The van der Waals surface area contributed by atoms with Gasteiger partial charge in [0.05, 0.1) is 28.3 Å². The number of aryl methyl sites for hydroxylation is 1. The van der Waals surface area contributed by atoms with E-state index in [1.165, 1.54) is 0 Å². The molecule has 1 aromatic carbocycles. The topological polar surface area (TPSA) is 80.1 Å². The number of amides is 2. The van der Waals surface area contributed by atoms with Crippen LogP contribution in [0.5, 0.6) is 0 Å². The largest absolute Gasteiger partial charge is 0.352 e. The predicted molar refractivity (Wildman–Crippen MR) is 125 cm³/mol. The number of halogens is 1. The van der Waals surface area contributed by atoms with Gasteiger partial charge in [0.1, 0.15) is 0 Å². The summed E-state index contributed by atoms with van der Waals surface area (Å²) >= 11 is 6.52. The van der Waals surface area contributed by atoms with Crippen molar-refractivity contribution in [1.29, 1.82) is 0 Å². The third-order valence-electron chi connectivity index (χ3n) is 5.52. The monoisotopic (exact) mass is 451 g/mol. The van der Waals surface area contributed by atoms with E-state index in [0.717, 1.165) is 37.1 Å². The van der Waals surface area contributed by atoms with Gasteiger partial charge in [0, 0.05) is 50.7 Å². The number of nitrogens with zero attached hydrogens (tertiary/aromatic N) is 4. The fourth-order valence-corrected chi connectivity index (χ4v) is 3.81. The minimum atomic E-state index is -0.153. The van der Waals surface area contributed by atoms with Crippen LogP contribution >= 0.6 is 11.6 Å². The molecule has 0 aliphatic heterocycles. The summed E-state index contributed by atoms with van der Waals surface area (Å²) in [5.41, 5.74) is 2.78. The smallest absolute Gasteiger partial charge is 0.252 e. The molecule has 8 heteroatoms. The molecular weight excluding hydrogens is 426 g/mol. The number of aromatic nitrogens is 3. The molecule has 2 heterocycles. The van der Waals surface area contributed by atoms with Gasteiger partial charge < -0.3 is 14.8 Å². The maximum Gasteiger partial charge on any atom is 0.252 e. The average molecular weight is 452 g/mol. The van der Waals surface area contributed by atoms with Crippen LogP contribution in [0, 0.1) is 5.92 Å². The molecule has 3 aromatic rings. The van der Waals surface area contributed by atoms with E-state index in [1.54, 1.807) is 42.7 Å². The van der Waals surface area contributed by atoms with Crippen LogP contribution in [0.1, 0.15) is 36.5 Å². The summed E-state index contributed by atoms with van der Waals surface area (Å²) in [4.78, 5) is 34.6. The second-order valence-electron chi connectivity index (χ2n) is 8.08. The number of nitrogens with one attached hydrogen (secondary N) is 1. The minimum Gasteiger partial charge on any atom is -0.352 e. The van der Waals surface area contributed by atoms with Crippen LogP contribution in [-0.2, 0) is 11.3 Å². The number of hydrogen-bond acceptors (Lipinski definition) is 4. The lowest BCUT2D eigenvalue weighted by atomic mass is 10.1. The molecule has 0 bridgehead atoms. The van der Waals surface area contributed by atoms with Crippen molar-refractivity contribution in [3.8, 4) is 11.3 Å². The van der Waals surface area contributed by atoms with Gasteiger partial charge in [0.2, 0.25) is 5.91 Å². The number of hydrogen-bond donors (Lipinski definition) is 1. The van der Waals surface area contributed by atoms with Crippen molar-refractivity contribution in [3.63, 3.8) is 0 Å². The number of benzene rings is 1. The zero-order valence-corrected chi connectivity index (χ0v) is 18.8. The van der Waals surface area contributed by atoms with Crippen LogP contribution in [0.2, 0.25) is 5.02 Å². The van der Waals surface area contributed by atoms with E-state index in [0.29, 0.717) is 35.3 Å². The van der Waals surface area contributed by atoms with E-state index in [9.17, 15) is 9.59 Å². The fraction of sp³-hybridized carbons (Fsp3) is 0.333. The Morgan fingerprint density at radius 1 is 1.25 bits per heavy atom. The van der Waals surface area contributed by atoms with Crippen LogP contribution in [0.3, 0.4) is 0 Å². The second-order valence-corrected chi connectivity index (χ2v) is 8.49. The van der Waals surface area contributed by atoms with Gasteiger partial charge >= 0.3 is 0 Å². The van der Waals surface area contributed by atoms with Crippen LogP contribution < -0.4 is 10.2 Å². The molecule has 0 spiro atoms. The van der Waals surface area contributed by atoms with E-state index in [1.807, 2.05) is 29.0 Å². The number of anilines is 1. The first-order valence-corrected chi connectivity index (χ1v) is 11.2. The van der Waals surface area contributed by atoms with E-state index in [4.69, 9.17) is 11.6 Å². The van der Waals surface area contributed by atoms with Crippen molar-refractivity contribution in [2.45, 2.75) is 32.7 Å². The minimum absolute atomic E-state index is 0.00920. The summed E-state index contributed by atoms with van der Waals surface area (Å²) in [6.07, 6.45) is 10.1. The van der Waals surface area contributed by atoms with Gasteiger partial charge in [-0.1, -0.05) is 17.7 Å². The molecule has 1 aliphatic rings. The van der Waals surface area contributed by atoms with Crippen LogP contribution in [0.4, 0.5) is 5.69 Å². The van der Waals surface area contributed by atoms with Crippen LogP contribution in [-0.4, -0.2) is 39.4 Å². The third-order valence-corrected chi connectivity index (χ3v) is 5.82. The van der Waals surface area contributed by atoms with Crippen molar-refractivity contribution in [2.24, 2.45) is 5.92 Å². The highest BCUT2D eigenvalue weighted by atomic mass is 35.5. The molecule has 0 saturated heterocycles. The molecule has 1 aliphatic carbocycles. The predicted octanol–water partition coefficient (Wildman–Crippen LogP) is 4.18. The summed E-state index contributed by atoms with van der Waals surface area (Å²) < 4.78 is 1.97. The molecule has 1 N–H and O–H groups in total. The SMILES string of the molecule is CC(=O)N(CC1CC1)c1ccc(-c2ccc(C(=O)NCCCn3ccnc3)cn2)cc1Cl. The highest BCUT2D eigenvalue weighted by Gasteiger charge is 2.27. The molecule has 0 radical (unpaired) electrons. The van der Waals surface area contributed by atoms with Crippen molar-refractivity contribution in [3.05, 3.63) is 65.8 Å². The number of carbonyl (C=O) groups is 2. The van der Waals surface area contributed by atoms with Crippen molar-refractivity contribution in [2.75, 3.05) is 18.0 Å². The Labute approximate surface area is 192 Å². The van der Waals surface area contributed by atoms with Gasteiger partial charge in [-0.2, -0.15) is 0 Å². The lowest BCUT2D eigenvalue weighted by Gasteiger charge is -2.22. The van der Waals surface area contributed by atoms with Crippen LogP contribution in [0.25, 0.3) is 11.3 Å². The van der Waals surface area contributed by atoms with Crippen molar-refractivity contribution >= 4 is 29.1 Å². The molecule has 4 rings (SSSR count). The quantitative estimate of drug-likeness (QED) is 0.495. The van der Waals surface area contributed by atoms with Gasteiger partial charge in [0.25, 0.3) is 5.91 Å². The number of rotatable bonds is 9. The number of imidazole rings is 1. The Kier molecular flexibility index (Phi) is 6.85. The molecule has 0 unspecified atom stereocenters. The average Bonchev–Trinajstić information content (AvgIpc) is 3.47. The molecule has 32 heavy (non-hydrogen) atoms. The maximum atomic E-state index is 12.4. The Morgan fingerprint density at radius 2 is 2.09 bits per heavy atom. The number of pyridine rings is 1. The Morgan fingerprint density at radius 3 is 2.72 bits per heavy atom. The van der Waals surface area contributed by atoms with Gasteiger partial charge in [-0.3, -0.25) is 14.6 Å². The van der Waals surface area contributed by atoms with Gasteiger partial charge in [-0.25, -0.2) is 4.98 Å². The third kappa shape index (κ3) is 5.53. The number of carbonyl (C=O) groups excluding carboxylic acids is 2. The van der Waals surface area contributed by atoms with Crippen molar-refractivity contribution < 1.29 is 9.59 Å². The van der Waals surface area contributed by atoms with E-state index >= 15 is 0 Å². The highest BCUT2D eigenvalue weighted by molar-refractivity contribution is 6.34. The van der Waals surface area contributed by atoms with E-state index in [2.05, 4.69) is 15.3 Å². The molecular formula is C24H26ClN5O2. The van der Waals surface area contributed by atoms with E-state index < -0.39 is 0 Å². The summed E-state index contributed by atoms with van der Waals surface area (Å²) in [6.45, 7) is 3.65. The second kappa shape index (κ2) is 9.96. The zero-order valence-electron chi connectivity index (χ0n) is 18.0. The Hall–Kier alpha value is -3.19. The molecule has 7 nitrogen and oxygen atoms in total. The molecule has 1 fully saturated rings. The van der Waals surface area contributed by atoms with Crippen molar-refractivity contribution in [1.82, 2.24) is 19.9 Å². The first-order valence-electron chi connectivity index (χ1n) is 10.8. The van der Waals surface area contributed by atoms with Crippen LogP contribution in [0.15, 0.2) is 55.2 Å². The Balaban J connectivity index is 1.37. The summed E-state index contributed by atoms with van der Waals surface area (Å²) in [5, 5.41) is 3.42. The molecule has 1 saturated carbocycles. The standard InChI is InChI=1S/C24H26ClN5O2/c1-17(31)30(15-18-3-4-18)23-8-6-19(13-21(23)25)22-7-5-20(14-28-22)24(32)27-9-2-11-29-12-10-26-16-29/h5-8,10,12-14,16,18H,2-4,9,11,15H2,1H3,(H,27,32). The lowest BCUT2D eigenvalue weighted by molar-refractivity contribution is -0.116. The Bertz CT molecular complexity index is 1080. The first kappa shape index (κ1) is 22.0. The highest BCUT2D eigenvalue weighted by Crippen LogP contribution is 2.35. The maximum absolute atomic E-state index is 12.4. The van der Waals surface area contributed by atoms with E-state index in [-0.39, 0.29) is 11.8 Å². The summed E-state index contributed by atoms with van der Waals surface area (Å²) in [5.74, 6) is 0.409. The molecule has 2 aromatic heterocycles. The normalized spacial score (nSPS) is 13.1. The molecule has 0 atom stereocenters. The molecule has 2 amide bonds. The summed E-state index contributed by atoms with van der Waals surface area (Å²) in [7, 11) is 0.